The molecule has 1 aliphatic rings. The summed E-state index contributed by atoms with van der Waals surface area (Å²) in [6, 6.07) is 16.4. The van der Waals surface area contributed by atoms with E-state index in [0.29, 0.717) is 61.6 Å². The lowest BCUT2D eigenvalue weighted by atomic mass is 9.96. The summed E-state index contributed by atoms with van der Waals surface area (Å²) in [6.45, 7) is 5.26. The number of aryl methyl sites for hydroxylation is 1. The molecule has 0 aliphatic carbocycles. The van der Waals surface area contributed by atoms with Gasteiger partial charge in [0.25, 0.3) is 15.9 Å². The van der Waals surface area contributed by atoms with Gasteiger partial charge in [-0.25, -0.2) is 22.8 Å². The number of hydrogen-bond acceptors (Lipinski definition) is 13. The first kappa shape index (κ1) is 41.6. The maximum Gasteiger partial charge on any atom is 0.271 e. The number of sulfonamides is 1. The van der Waals surface area contributed by atoms with Gasteiger partial charge in [-0.05, 0) is 74.1 Å². The molecule has 0 atom stereocenters. The Morgan fingerprint density at radius 3 is 2.56 bits per heavy atom. The van der Waals surface area contributed by atoms with Crippen molar-refractivity contribution in [2.75, 3.05) is 74.9 Å². The molecule has 19 heteroatoms. The van der Waals surface area contributed by atoms with Crippen molar-refractivity contribution in [2.45, 2.75) is 24.0 Å². The van der Waals surface area contributed by atoms with E-state index >= 15 is 0 Å². The van der Waals surface area contributed by atoms with Crippen LogP contribution in [0.1, 0.15) is 28.8 Å². The topological polar surface area (TPSA) is 207 Å². The van der Waals surface area contributed by atoms with Crippen molar-refractivity contribution in [1.82, 2.24) is 25.5 Å². The maximum atomic E-state index is 14.9. The van der Waals surface area contributed by atoms with Crippen molar-refractivity contribution >= 4 is 77.3 Å². The summed E-state index contributed by atoms with van der Waals surface area (Å²) in [7, 11) is -3.85. The van der Waals surface area contributed by atoms with Crippen molar-refractivity contribution in [3.63, 3.8) is 0 Å². The smallest absolute Gasteiger partial charge is 0.271 e. The van der Waals surface area contributed by atoms with Crippen molar-refractivity contribution < 1.29 is 36.7 Å². The second-order valence-electron chi connectivity index (χ2n) is 13.2. The number of hydrogen-bond donors (Lipinski definition) is 5. The predicted molar refractivity (Wildman–Crippen MR) is 218 cm³/mol. The van der Waals surface area contributed by atoms with E-state index in [1.165, 1.54) is 12.1 Å². The Kier molecular flexibility index (Phi) is 14.2. The number of rotatable bonds is 18. The number of thiophene rings is 1. The molecule has 3 amide bonds. The van der Waals surface area contributed by atoms with E-state index in [4.69, 9.17) is 15.2 Å². The molecule has 4 heterocycles. The SMILES string of the molecule is Cc1ccc(N)nc1-c1cccc(C(=O)NCCOCCOCC(=O)NCCN2CCC(C(=O)Nc3nc4c(F)cc(NS(=O)(=O)c5cccs5)cc4s3)CC2)c1. The molecule has 302 valence electrons. The molecule has 0 radical (unpaired) electrons. The fourth-order valence-electron chi connectivity index (χ4n) is 6.12. The number of halogens is 1. The number of fused-ring (bicyclic) bond motifs is 1. The number of nitrogens with one attached hydrogen (secondary N) is 4. The Morgan fingerprint density at radius 2 is 1.77 bits per heavy atom. The van der Waals surface area contributed by atoms with E-state index in [0.717, 1.165) is 45.6 Å². The molecule has 15 nitrogen and oxygen atoms in total. The van der Waals surface area contributed by atoms with Crippen LogP contribution in [-0.2, 0) is 29.1 Å². The lowest BCUT2D eigenvalue weighted by molar-refractivity contribution is -0.126. The number of aromatic nitrogens is 2. The Bertz CT molecular complexity index is 2300. The summed E-state index contributed by atoms with van der Waals surface area (Å²) in [5.74, 6) is -1.24. The number of ether oxygens (including phenoxy) is 2. The first-order valence-electron chi connectivity index (χ1n) is 18.2. The predicted octanol–water partition coefficient (Wildman–Crippen LogP) is 4.48. The van der Waals surface area contributed by atoms with E-state index in [1.54, 1.807) is 35.7 Å². The van der Waals surface area contributed by atoms with Crippen LogP contribution < -0.4 is 26.4 Å². The molecule has 6 N–H and O–H groups in total. The van der Waals surface area contributed by atoms with Crippen LogP contribution in [0, 0.1) is 18.7 Å². The molecule has 57 heavy (non-hydrogen) atoms. The highest BCUT2D eigenvalue weighted by molar-refractivity contribution is 7.94. The highest BCUT2D eigenvalue weighted by atomic mass is 32.2. The van der Waals surface area contributed by atoms with Crippen molar-refractivity contribution in [2.24, 2.45) is 5.92 Å². The highest BCUT2D eigenvalue weighted by Crippen LogP contribution is 2.33. The molecule has 5 aromatic rings. The number of nitrogens with two attached hydrogens (primary N) is 1. The molecule has 3 aromatic heterocycles. The number of pyridine rings is 1. The van der Waals surface area contributed by atoms with Gasteiger partial charge in [0, 0.05) is 42.7 Å². The van der Waals surface area contributed by atoms with Gasteiger partial charge in [-0.15, -0.1) is 11.3 Å². The van der Waals surface area contributed by atoms with E-state index < -0.39 is 15.8 Å². The molecule has 6 rings (SSSR count). The third-order valence-electron chi connectivity index (χ3n) is 9.05. The first-order chi connectivity index (χ1) is 27.4. The summed E-state index contributed by atoms with van der Waals surface area (Å²) >= 11 is 2.12. The lowest BCUT2D eigenvalue weighted by Gasteiger charge is -2.31. The third-order valence-corrected chi connectivity index (χ3v) is 12.7. The van der Waals surface area contributed by atoms with Crippen LogP contribution in [-0.4, -0.2) is 100 Å². The average Bonchev–Trinajstić information content (AvgIpc) is 3.89. The van der Waals surface area contributed by atoms with Crippen LogP contribution in [0.2, 0.25) is 0 Å². The molecule has 0 spiro atoms. The lowest BCUT2D eigenvalue weighted by Crippen LogP contribution is -2.42. The quantitative estimate of drug-likeness (QED) is 0.0778. The number of anilines is 3. The van der Waals surface area contributed by atoms with Gasteiger partial charge in [0.15, 0.2) is 10.9 Å². The first-order valence-corrected chi connectivity index (χ1v) is 21.4. The molecular weight excluding hydrogens is 796 g/mol. The number of thiazole rings is 1. The minimum Gasteiger partial charge on any atom is -0.384 e. The van der Waals surface area contributed by atoms with Crippen LogP contribution in [0.5, 0.6) is 0 Å². The van der Waals surface area contributed by atoms with Crippen LogP contribution in [0.3, 0.4) is 0 Å². The van der Waals surface area contributed by atoms with Gasteiger partial charge >= 0.3 is 0 Å². The molecule has 0 saturated carbocycles. The molecule has 1 aliphatic heterocycles. The maximum absolute atomic E-state index is 14.9. The molecule has 0 bridgehead atoms. The van der Waals surface area contributed by atoms with Gasteiger partial charge in [0.1, 0.15) is 22.2 Å². The number of benzene rings is 2. The minimum absolute atomic E-state index is 0.0469. The number of piperidine rings is 1. The van der Waals surface area contributed by atoms with E-state index in [-0.39, 0.29) is 70.6 Å². The number of likely N-dealkylation sites (tertiary alicyclic amines) is 1. The molecule has 1 fully saturated rings. The zero-order chi connectivity index (χ0) is 40.4. The van der Waals surface area contributed by atoms with E-state index in [1.807, 2.05) is 19.1 Å². The van der Waals surface area contributed by atoms with E-state index in [9.17, 15) is 27.2 Å². The standard InChI is InChI=1S/C38H43FN8O7S3/c1-24-7-8-31(40)43-34(24)26-4-2-5-27(20-26)36(49)42-12-16-53-17-18-54-23-32(48)41-11-15-47-13-9-25(10-14-47)37(50)45-38-44-35-29(39)21-28(22-30(35)56-38)46-57(51,52)33-6-3-19-55-33/h2-8,19-22,25,46H,9-18,23H2,1H3,(H2,40,43)(H,41,48)(H,42,49)(H,44,45,50). The van der Waals surface area contributed by atoms with E-state index in [2.05, 4.69) is 35.5 Å². The van der Waals surface area contributed by atoms with Crippen molar-refractivity contribution in [3.8, 4) is 11.3 Å². The number of amides is 3. The Labute approximate surface area is 337 Å². The van der Waals surface area contributed by atoms with Gasteiger partial charge in [0.2, 0.25) is 11.8 Å². The third kappa shape index (κ3) is 11.5. The fourth-order valence-corrected chi connectivity index (χ4v) is 9.08. The zero-order valence-corrected chi connectivity index (χ0v) is 33.5. The normalized spacial score (nSPS) is 13.7. The Hall–Kier alpha value is -5.05. The number of carbonyl (C=O) groups excluding carboxylic acids is 3. The number of nitrogens with zero attached hydrogens (tertiary/aromatic N) is 3. The van der Waals surface area contributed by atoms with Crippen molar-refractivity contribution in [3.05, 3.63) is 83.0 Å². The zero-order valence-electron chi connectivity index (χ0n) is 31.1. The van der Waals surface area contributed by atoms with Crippen LogP contribution in [0.4, 0.5) is 21.0 Å². The summed E-state index contributed by atoms with van der Waals surface area (Å²) in [5.41, 5.74) is 8.93. The monoisotopic (exact) mass is 838 g/mol. The summed E-state index contributed by atoms with van der Waals surface area (Å²) in [6.07, 6.45) is 1.21. The molecule has 2 aromatic carbocycles. The minimum atomic E-state index is -3.85. The highest BCUT2D eigenvalue weighted by Gasteiger charge is 2.26. The average molecular weight is 839 g/mol. The summed E-state index contributed by atoms with van der Waals surface area (Å²) < 4.78 is 53.8. The fraction of sp³-hybridized carbons (Fsp3) is 0.342. The summed E-state index contributed by atoms with van der Waals surface area (Å²) in [4.78, 5) is 48.7. The number of carbonyl (C=O) groups is 3. The summed E-state index contributed by atoms with van der Waals surface area (Å²) in [5, 5.41) is 10.3. The molecule has 0 unspecified atom stereocenters. The van der Waals surface area contributed by atoms with Crippen LogP contribution in [0.15, 0.2) is 70.3 Å². The Balaban J connectivity index is 0.810. The van der Waals surface area contributed by atoms with Crippen LogP contribution >= 0.6 is 22.7 Å². The van der Waals surface area contributed by atoms with Gasteiger partial charge in [-0.3, -0.25) is 19.1 Å². The van der Waals surface area contributed by atoms with Gasteiger partial charge in [-0.2, -0.15) is 0 Å². The second-order valence-corrected chi connectivity index (χ2v) is 17.1. The second kappa shape index (κ2) is 19.4. The van der Waals surface area contributed by atoms with Crippen molar-refractivity contribution in [1.29, 1.82) is 0 Å². The Morgan fingerprint density at radius 1 is 0.965 bits per heavy atom. The molecule has 1 saturated heterocycles. The van der Waals surface area contributed by atoms with Crippen LogP contribution in [0.25, 0.3) is 21.5 Å². The largest absolute Gasteiger partial charge is 0.384 e. The molecular formula is C38H43FN8O7S3. The van der Waals surface area contributed by atoms with Gasteiger partial charge in [0.05, 0.1) is 35.9 Å². The number of nitrogen functional groups attached to an aromatic ring is 1. The van der Waals surface area contributed by atoms with Gasteiger partial charge < -0.3 is 36.1 Å². The van der Waals surface area contributed by atoms with Gasteiger partial charge in [-0.1, -0.05) is 35.6 Å².